The van der Waals surface area contributed by atoms with E-state index in [2.05, 4.69) is 10.3 Å². The molecule has 1 N–H and O–H groups in total. The van der Waals surface area contributed by atoms with Gasteiger partial charge in [-0.05, 0) is 48.9 Å². The molecule has 0 aliphatic heterocycles. The summed E-state index contributed by atoms with van der Waals surface area (Å²) in [5, 5.41) is 2.92. The maximum absolute atomic E-state index is 12.4. The Morgan fingerprint density at radius 3 is 2.27 bits per heavy atom. The minimum absolute atomic E-state index is 0.193. The van der Waals surface area contributed by atoms with E-state index in [9.17, 15) is 13.2 Å². The van der Waals surface area contributed by atoms with E-state index in [1.54, 1.807) is 48.9 Å². The fraction of sp³-hybridized carbons (Fsp3) is 0.158. The number of carbonyl (C=O) groups excluding carboxylic acids is 1. The molecule has 0 aliphatic rings. The molecule has 1 amide bonds. The van der Waals surface area contributed by atoms with Crippen LogP contribution in [0.4, 0.5) is 0 Å². The molecule has 1 unspecified atom stereocenters. The number of sulfone groups is 1. The number of carbonyl (C=O) groups is 1. The molecular weight excluding hydrogens is 350 g/mol. The van der Waals surface area contributed by atoms with Crippen molar-refractivity contribution >= 4 is 15.7 Å². The number of nitrogens with zero attached hydrogens (tertiary/aromatic N) is 2. The highest BCUT2D eigenvalue weighted by atomic mass is 32.2. The molecule has 6 nitrogen and oxygen atoms in total. The lowest BCUT2D eigenvalue weighted by atomic mass is 10.1. The van der Waals surface area contributed by atoms with Crippen molar-refractivity contribution in [3.8, 4) is 5.69 Å². The smallest absolute Gasteiger partial charge is 0.251 e. The second-order valence-corrected chi connectivity index (χ2v) is 8.07. The average molecular weight is 369 g/mol. The molecular formula is C19H19N3O3S. The van der Waals surface area contributed by atoms with Gasteiger partial charge in [0.05, 0.1) is 17.3 Å². The van der Waals surface area contributed by atoms with Crippen LogP contribution in [0.5, 0.6) is 0 Å². The molecule has 0 spiro atoms. The minimum Gasteiger partial charge on any atom is -0.346 e. The van der Waals surface area contributed by atoms with E-state index in [0.717, 1.165) is 11.3 Å². The Morgan fingerprint density at radius 2 is 1.73 bits per heavy atom. The Labute approximate surface area is 152 Å². The maximum atomic E-state index is 12.4. The van der Waals surface area contributed by atoms with Crippen molar-refractivity contribution in [3.05, 3.63) is 78.4 Å². The second-order valence-electron chi connectivity index (χ2n) is 6.05. The molecule has 1 atom stereocenters. The van der Waals surface area contributed by atoms with Crippen LogP contribution in [0.25, 0.3) is 5.69 Å². The third-order valence-corrected chi connectivity index (χ3v) is 5.22. The predicted octanol–water partition coefficient (Wildman–Crippen LogP) is 2.77. The first-order valence-corrected chi connectivity index (χ1v) is 9.93. The van der Waals surface area contributed by atoms with E-state index >= 15 is 0 Å². The SMILES string of the molecule is CC(NC(=O)c1ccc(-n2ccnc2)cc1)c1ccc(S(C)(=O)=O)cc1. The van der Waals surface area contributed by atoms with Crippen LogP contribution in [0.3, 0.4) is 0 Å². The highest BCUT2D eigenvalue weighted by Crippen LogP contribution is 2.17. The number of hydrogen-bond donors (Lipinski definition) is 1. The molecule has 7 heteroatoms. The van der Waals surface area contributed by atoms with E-state index in [4.69, 9.17) is 0 Å². The Balaban J connectivity index is 1.69. The van der Waals surface area contributed by atoms with Crippen LogP contribution in [0, 0.1) is 0 Å². The lowest BCUT2D eigenvalue weighted by molar-refractivity contribution is 0.0940. The summed E-state index contributed by atoms with van der Waals surface area (Å²) >= 11 is 0. The quantitative estimate of drug-likeness (QED) is 0.750. The molecule has 26 heavy (non-hydrogen) atoms. The zero-order chi connectivity index (χ0) is 18.7. The van der Waals surface area contributed by atoms with Crippen molar-refractivity contribution < 1.29 is 13.2 Å². The van der Waals surface area contributed by atoms with Gasteiger partial charge < -0.3 is 9.88 Å². The van der Waals surface area contributed by atoms with Gasteiger partial charge in [-0.25, -0.2) is 13.4 Å². The number of aromatic nitrogens is 2. The highest BCUT2D eigenvalue weighted by molar-refractivity contribution is 7.90. The van der Waals surface area contributed by atoms with Crippen LogP contribution in [-0.4, -0.2) is 30.1 Å². The summed E-state index contributed by atoms with van der Waals surface area (Å²) in [5.74, 6) is -0.193. The zero-order valence-corrected chi connectivity index (χ0v) is 15.3. The summed E-state index contributed by atoms with van der Waals surface area (Å²) in [6.07, 6.45) is 6.38. The van der Waals surface area contributed by atoms with Crippen molar-refractivity contribution in [2.24, 2.45) is 0 Å². The molecule has 0 bridgehead atoms. The van der Waals surface area contributed by atoms with Crippen LogP contribution in [0.1, 0.15) is 28.9 Å². The Bertz CT molecular complexity index is 993. The van der Waals surface area contributed by atoms with Gasteiger partial charge in [-0.15, -0.1) is 0 Å². The number of nitrogens with one attached hydrogen (secondary N) is 1. The number of benzene rings is 2. The number of imidazole rings is 1. The fourth-order valence-electron chi connectivity index (χ4n) is 2.56. The van der Waals surface area contributed by atoms with Crippen LogP contribution in [-0.2, 0) is 9.84 Å². The van der Waals surface area contributed by atoms with E-state index < -0.39 is 9.84 Å². The highest BCUT2D eigenvalue weighted by Gasteiger charge is 2.13. The standard InChI is InChI=1S/C19H19N3O3S/c1-14(15-5-9-18(10-6-15)26(2,24)25)21-19(23)16-3-7-17(8-4-16)22-12-11-20-13-22/h3-14H,1-2H3,(H,21,23). The monoisotopic (exact) mass is 369 g/mol. The van der Waals surface area contributed by atoms with Gasteiger partial charge in [-0.3, -0.25) is 4.79 Å². The molecule has 0 saturated carbocycles. The van der Waals surface area contributed by atoms with Crippen molar-refractivity contribution in [2.75, 3.05) is 6.26 Å². The molecule has 3 aromatic rings. The number of rotatable bonds is 5. The summed E-state index contributed by atoms with van der Waals surface area (Å²) < 4.78 is 24.9. The maximum Gasteiger partial charge on any atom is 0.251 e. The van der Waals surface area contributed by atoms with E-state index in [0.29, 0.717) is 5.56 Å². The normalized spacial score (nSPS) is 12.5. The third-order valence-electron chi connectivity index (χ3n) is 4.09. The lowest BCUT2D eigenvalue weighted by Gasteiger charge is -2.15. The van der Waals surface area contributed by atoms with Gasteiger partial charge in [0.15, 0.2) is 9.84 Å². The topological polar surface area (TPSA) is 81.1 Å². The molecule has 0 saturated heterocycles. The first-order chi connectivity index (χ1) is 12.3. The van der Waals surface area contributed by atoms with Crippen molar-refractivity contribution in [1.29, 1.82) is 0 Å². The largest absolute Gasteiger partial charge is 0.346 e. The molecule has 1 heterocycles. The van der Waals surface area contributed by atoms with Gasteiger partial charge >= 0.3 is 0 Å². The van der Waals surface area contributed by atoms with Gasteiger partial charge in [-0.1, -0.05) is 12.1 Å². The van der Waals surface area contributed by atoms with Crippen LogP contribution >= 0.6 is 0 Å². The van der Waals surface area contributed by atoms with E-state index in [-0.39, 0.29) is 16.8 Å². The van der Waals surface area contributed by atoms with Crippen LogP contribution in [0.15, 0.2) is 72.1 Å². The molecule has 0 fully saturated rings. The Morgan fingerprint density at radius 1 is 1.08 bits per heavy atom. The predicted molar refractivity (Wildman–Crippen MR) is 99.0 cm³/mol. The summed E-state index contributed by atoms with van der Waals surface area (Å²) in [6.45, 7) is 1.85. The molecule has 134 valence electrons. The number of amides is 1. The fourth-order valence-corrected chi connectivity index (χ4v) is 3.19. The Hall–Kier alpha value is -2.93. The summed E-state index contributed by atoms with van der Waals surface area (Å²) in [4.78, 5) is 16.7. The molecule has 0 aliphatic carbocycles. The molecule has 3 rings (SSSR count). The molecule has 0 radical (unpaired) electrons. The van der Waals surface area contributed by atoms with Gasteiger partial charge in [0.2, 0.25) is 0 Å². The summed E-state index contributed by atoms with van der Waals surface area (Å²) in [5.41, 5.74) is 2.30. The van der Waals surface area contributed by atoms with Crippen molar-refractivity contribution in [2.45, 2.75) is 17.9 Å². The van der Waals surface area contributed by atoms with E-state index in [1.807, 2.05) is 29.8 Å². The van der Waals surface area contributed by atoms with Crippen molar-refractivity contribution in [3.63, 3.8) is 0 Å². The lowest BCUT2D eigenvalue weighted by Crippen LogP contribution is -2.26. The minimum atomic E-state index is -3.23. The molecule has 2 aromatic carbocycles. The van der Waals surface area contributed by atoms with Gasteiger partial charge in [0, 0.05) is 29.9 Å². The zero-order valence-electron chi connectivity index (χ0n) is 14.5. The summed E-state index contributed by atoms with van der Waals surface area (Å²) in [6, 6.07) is 13.5. The first kappa shape index (κ1) is 17.9. The van der Waals surface area contributed by atoms with Crippen LogP contribution < -0.4 is 5.32 Å². The average Bonchev–Trinajstić information content (AvgIpc) is 3.16. The number of hydrogen-bond acceptors (Lipinski definition) is 4. The first-order valence-electron chi connectivity index (χ1n) is 8.04. The van der Waals surface area contributed by atoms with Gasteiger partial charge in [0.1, 0.15) is 0 Å². The van der Waals surface area contributed by atoms with Crippen LogP contribution in [0.2, 0.25) is 0 Å². The van der Waals surface area contributed by atoms with Gasteiger partial charge in [-0.2, -0.15) is 0 Å². The third kappa shape index (κ3) is 4.00. The Kier molecular flexibility index (Phi) is 4.90. The van der Waals surface area contributed by atoms with E-state index in [1.165, 1.54) is 6.26 Å². The molecule has 1 aromatic heterocycles. The second kappa shape index (κ2) is 7.13. The van der Waals surface area contributed by atoms with Crippen molar-refractivity contribution in [1.82, 2.24) is 14.9 Å². The summed E-state index contributed by atoms with van der Waals surface area (Å²) in [7, 11) is -3.23. The van der Waals surface area contributed by atoms with Gasteiger partial charge in [0.25, 0.3) is 5.91 Å².